The Morgan fingerprint density at radius 3 is 2.63 bits per heavy atom. The van der Waals surface area contributed by atoms with Crippen molar-refractivity contribution in [2.45, 2.75) is 36.3 Å². The highest BCUT2D eigenvalue weighted by Gasteiger charge is 2.44. The molecular formula is C16H20N2O10S2. The summed E-state index contributed by atoms with van der Waals surface area (Å²) >= 11 is 0.651. The normalized spacial score (nSPS) is 28.0. The molecule has 5 atom stereocenters. The summed E-state index contributed by atoms with van der Waals surface area (Å²) in [5.74, 6) is -0.0448. The van der Waals surface area contributed by atoms with E-state index in [2.05, 4.69) is 14.4 Å². The lowest BCUT2D eigenvalue weighted by Crippen LogP contribution is -2.57. The maximum atomic E-state index is 10.9. The van der Waals surface area contributed by atoms with E-state index in [-0.39, 0.29) is 17.2 Å². The van der Waals surface area contributed by atoms with Crippen molar-refractivity contribution in [2.75, 3.05) is 6.61 Å². The molecule has 0 radical (unpaired) electrons. The molecule has 1 aliphatic heterocycles. The van der Waals surface area contributed by atoms with Gasteiger partial charge in [-0.1, -0.05) is 23.0 Å². The number of aliphatic hydroxyl groups is 4. The van der Waals surface area contributed by atoms with Crippen LogP contribution in [-0.4, -0.2) is 85.0 Å². The average molecular weight is 464 g/mol. The first-order valence-electron chi connectivity index (χ1n) is 8.58. The second kappa shape index (κ2) is 9.07. The van der Waals surface area contributed by atoms with E-state index in [9.17, 15) is 34.0 Å². The van der Waals surface area contributed by atoms with Crippen LogP contribution in [0.1, 0.15) is 5.56 Å². The number of ether oxygens (including phenoxy) is 1. The Morgan fingerprint density at radius 2 is 1.97 bits per heavy atom. The fourth-order valence-electron chi connectivity index (χ4n) is 3.02. The molecule has 14 heteroatoms. The average Bonchev–Trinajstić information content (AvgIpc) is 3.10. The summed E-state index contributed by atoms with van der Waals surface area (Å²) in [5.41, 5.74) is -0.182. The van der Waals surface area contributed by atoms with Crippen molar-refractivity contribution in [2.24, 2.45) is 5.16 Å². The maximum Gasteiger partial charge on any atom is 0.466 e. The summed E-state index contributed by atoms with van der Waals surface area (Å²) in [6.45, 7) is -0.647. The molecule has 1 aliphatic rings. The SMILES string of the molecule is O=S(=O)(O)ON=C(Cc1c[nH]c2cccc(O)c12)S[C@@H]1O[C@H](CO)[C@@H](O)[C@H](O)[C@H]1O. The van der Waals surface area contributed by atoms with Crippen molar-refractivity contribution in [1.82, 2.24) is 4.98 Å². The maximum absolute atomic E-state index is 10.9. The minimum Gasteiger partial charge on any atom is -0.507 e. The van der Waals surface area contributed by atoms with Gasteiger partial charge in [0.05, 0.1) is 6.61 Å². The number of phenolic OH excluding ortho intramolecular Hbond substituents is 1. The smallest absolute Gasteiger partial charge is 0.466 e. The third-order valence-electron chi connectivity index (χ3n) is 4.44. The van der Waals surface area contributed by atoms with E-state index in [1.807, 2.05) is 0 Å². The van der Waals surface area contributed by atoms with Gasteiger partial charge in [-0.2, -0.15) is 8.42 Å². The van der Waals surface area contributed by atoms with Gasteiger partial charge in [-0.05, 0) is 17.7 Å². The molecule has 0 saturated carbocycles. The van der Waals surface area contributed by atoms with Crippen LogP contribution in [0.4, 0.5) is 0 Å². The number of aromatic hydroxyl groups is 1. The molecule has 0 amide bonds. The lowest BCUT2D eigenvalue weighted by molar-refractivity contribution is -0.205. The molecule has 3 rings (SSSR count). The minimum atomic E-state index is -4.93. The number of benzene rings is 1. The summed E-state index contributed by atoms with van der Waals surface area (Å²) in [7, 11) is -4.93. The van der Waals surface area contributed by atoms with Crippen molar-refractivity contribution in [3.63, 3.8) is 0 Å². The number of aliphatic hydroxyl groups excluding tert-OH is 4. The molecule has 12 nitrogen and oxygen atoms in total. The number of hydrogen-bond donors (Lipinski definition) is 7. The summed E-state index contributed by atoms with van der Waals surface area (Å²) < 4.78 is 40.2. The van der Waals surface area contributed by atoms with Crippen LogP contribution in [0.25, 0.3) is 10.9 Å². The zero-order valence-electron chi connectivity index (χ0n) is 15.2. The first-order chi connectivity index (χ1) is 14.1. The summed E-state index contributed by atoms with van der Waals surface area (Å²) in [6, 6.07) is 4.78. The van der Waals surface area contributed by atoms with Gasteiger partial charge in [0.2, 0.25) is 0 Å². The van der Waals surface area contributed by atoms with Crippen molar-refractivity contribution in [3.8, 4) is 5.75 Å². The second-order valence-corrected chi connectivity index (χ2v) is 8.67. The molecule has 0 aliphatic carbocycles. The number of aromatic nitrogens is 1. The number of fused-ring (bicyclic) bond motifs is 1. The first-order valence-corrected chi connectivity index (χ1v) is 10.8. The van der Waals surface area contributed by atoms with E-state index in [4.69, 9.17) is 9.29 Å². The zero-order valence-corrected chi connectivity index (χ0v) is 16.8. The number of aromatic amines is 1. The molecule has 0 bridgehead atoms. The van der Waals surface area contributed by atoms with Crippen LogP contribution in [0.2, 0.25) is 0 Å². The molecule has 166 valence electrons. The van der Waals surface area contributed by atoms with E-state index in [1.165, 1.54) is 6.07 Å². The Balaban J connectivity index is 1.89. The number of hydrogen-bond acceptors (Lipinski definition) is 11. The van der Waals surface area contributed by atoms with Gasteiger partial charge in [-0.25, -0.2) is 4.28 Å². The number of phenols is 1. The van der Waals surface area contributed by atoms with Crippen LogP contribution in [0.15, 0.2) is 29.6 Å². The molecule has 1 aromatic heterocycles. The van der Waals surface area contributed by atoms with Crippen molar-refractivity contribution in [3.05, 3.63) is 30.0 Å². The first kappa shape index (κ1) is 22.8. The van der Waals surface area contributed by atoms with Crippen LogP contribution in [-0.2, 0) is 25.8 Å². The van der Waals surface area contributed by atoms with Gasteiger partial charge < -0.3 is 35.3 Å². The van der Waals surface area contributed by atoms with Crippen molar-refractivity contribution < 1.29 is 47.5 Å². The topological polar surface area (TPSA) is 202 Å². The van der Waals surface area contributed by atoms with Gasteiger partial charge in [0.1, 0.15) is 40.6 Å². The fraction of sp³-hybridized carbons (Fsp3) is 0.438. The van der Waals surface area contributed by atoms with Crippen molar-refractivity contribution >= 4 is 38.1 Å². The van der Waals surface area contributed by atoms with Gasteiger partial charge in [-0.15, -0.1) is 0 Å². The molecule has 2 aromatic rings. The van der Waals surface area contributed by atoms with Gasteiger partial charge in [-0.3, -0.25) is 4.55 Å². The number of H-pyrrole nitrogens is 1. The number of rotatable bonds is 6. The van der Waals surface area contributed by atoms with E-state index < -0.39 is 46.9 Å². The Morgan fingerprint density at radius 1 is 1.23 bits per heavy atom. The molecular weight excluding hydrogens is 444 g/mol. The monoisotopic (exact) mass is 464 g/mol. The molecule has 1 saturated heterocycles. The quantitative estimate of drug-likeness (QED) is 0.121. The van der Waals surface area contributed by atoms with Gasteiger partial charge in [0, 0.05) is 23.5 Å². The summed E-state index contributed by atoms with van der Waals surface area (Å²) in [4.78, 5) is 2.93. The highest BCUT2D eigenvalue weighted by Crippen LogP contribution is 2.33. The Kier molecular flexibility index (Phi) is 6.88. The third-order valence-corrected chi connectivity index (χ3v) is 5.82. The Bertz CT molecular complexity index is 1020. The highest BCUT2D eigenvalue weighted by molar-refractivity contribution is 8.14. The van der Waals surface area contributed by atoms with Gasteiger partial charge >= 0.3 is 10.4 Å². The van der Waals surface area contributed by atoms with Crippen LogP contribution < -0.4 is 0 Å². The largest absolute Gasteiger partial charge is 0.507 e. The van der Waals surface area contributed by atoms with E-state index in [1.54, 1.807) is 18.3 Å². The van der Waals surface area contributed by atoms with Crippen LogP contribution in [0.5, 0.6) is 5.75 Å². The van der Waals surface area contributed by atoms with Gasteiger partial charge in [0.15, 0.2) is 0 Å². The number of nitrogens with zero attached hydrogens (tertiary/aromatic N) is 1. The molecule has 7 N–H and O–H groups in total. The van der Waals surface area contributed by atoms with Crippen LogP contribution >= 0.6 is 11.8 Å². The van der Waals surface area contributed by atoms with Crippen molar-refractivity contribution in [1.29, 1.82) is 0 Å². The van der Waals surface area contributed by atoms with Crippen LogP contribution in [0, 0.1) is 0 Å². The summed E-state index contributed by atoms with van der Waals surface area (Å²) in [6.07, 6.45) is -4.58. The minimum absolute atomic E-state index is 0.0448. The molecule has 0 spiro atoms. The predicted molar refractivity (Wildman–Crippen MR) is 105 cm³/mol. The lowest BCUT2D eigenvalue weighted by Gasteiger charge is -2.39. The molecule has 1 aromatic carbocycles. The van der Waals surface area contributed by atoms with Crippen LogP contribution in [0.3, 0.4) is 0 Å². The van der Waals surface area contributed by atoms with E-state index in [0.29, 0.717) is 28.2 Å². The number of oxime groups is 1. The second-order valence-electron chi connectivity index (χ2n) is 6.49. The Hall–Kier alpha value is -1.91. The molecule has 0 unspecified atom stereocenters. The predicted octanol–water partition coefficient (Wildman–Crippen LogP) is -0.918. The van der Waals surface area contributed by atoms with E-state index >= 15 is 0 Å². The highest BCUT2D eigenvalue weighted by atomic mass is 32.3. The molecule has 2 heterocycles. The number of thioether (sulfide) groups is 1. The summed E-state index contributed by atoms with van der Waals surface area (Å²) in [5, 5.41) is 53.1. The Labute approximate surface area is 174 Å². The molecule has 1 fully saturated rings. The third kappa shape index (κ3) is 5.04. The standard InChI is InChI=1S/C16H20N2O10S2/c19-6-10-13(21)14(22)15(23)16(27-10)29-11(18-28-30(24,25)26)4-7-5-17-8-2-1-3-9(20)12(7)8/h1-3,5,10,13-17,19-23H,4,6H2,(H,24,25,26)/t10-,13-,14+,15-,16+/m1/s1. The lowest BCUT2D eigenvalue weighted by atomic mass is 10.0. The van der Waals surface area contributed by atoms with Gasteiger partial charge in [0.25, 0.3) is 0 Å². The zero-order chi connectivity index (χ0) is 22.1. The molecule has 30 heavy (non-hydrogen) atoms. The number of nitrogens with one attached hydrogen (secondary N) is 1. The fourth-order valence-corrected chi connectivity index (χ4v) is 4.34. The van der Waals surface area contributed by atoms with E-state index in [0.717, 1.165) is 0 Å².